The Morgan fingerprint density at radius 2 is 1.72 bits per heavy atom. The Labute approximate surface area is 187 Å². The summed E-state index contributed by atoms with van der Waals surface area (Å²) >= 11 is 0. The van der Waals surface area contributed by atoms with Gasteiger partial charge in [0.1, 0.15) is 5.25 Å². The van der Waals surface area contributed by atoms with Crippen LogP contribution < -0.4 is 10.0 Å². The van der Waals surface area contributed by atoms with Gasteiger partial charge in [-0.25, -0.2) is 13.2 Å². The number of anilines is 3. The molecule has 170 valence electrons. The minimum atomic E-state index is -3.98. The molecule has 1 saturated heterocycles. The molecule has 9 heteroatoms. The number of para-hydroxylation sites is 3. The van der Waals surface area contributed by atoms with Gasteiger partial charge in [-0.15, -0.1) is 0 Å². The Kier molecular flexibility index (Phi) is 6.50. The minimum Gasteiger partial charge on any atom is -0.463 e. The summed E-state index contributed by atoms with van der Waals surface area (Å²) in [5.41, 5.74) is 1.83. The zero-order chi connectivity index (χ0) is 22.6. The van der Waals surface area contributed by atoms with Gasteiger partial charge in [0.05, 0.1) is 36.8 Å². The third-order valence-corrected chi connectivity index (χ3v) is 7.11. The van der Waals surface area contributed by atoms with E-state index in [2.05, 4.69) is 10.0 Å². The number of hydrogen-bond acceptors (Lipinski definition) is 7. The highest BCUT2D eigenvalue weighted by molar-refractivity contribution is 7.93. The molecule has 2 aromatic rings. The molecule has 0 radical (unpaired) electrons. The van der Waals surface area contributed by atoms with Crippen molar-refractivity contribution in [3.63, 3.8) is 0 Å². The van der Waals surface area contributed by atoms with Crippen LogP contribution in [0.4, 0.5) is 17.1 Å². The molecule has 32 heavy (non-hydrogen) atoms. The second-order valence-electron chi connectivity index (χ2n) is 7.54. The molecule has 2 aliphatic rings. The quantitative estimate of drug-likeness (QED) is 0.612. The lowest BCUT2D eigenvalue weighted by molar-refractivity contribution is -0.143. The van der Waals surface area contributed by atoms with Crippen LogP contribution in [-0.2, 0) is 29.0 Å². The third kappa shape index (κ3) is 4.79. The van der Waals surface area contributed by atoms with Crippen LogP contribution in [0.5, 0.6) is 0 Å². The maximum absolute atomic E-state index is 13.4. The molecule has 1 atom stereocenters. The molecular formula is C23H26N2O6S. The second-order valence-corrected chi connectivity index (χ2v) is 9.40. The fourth-order valence-electron chi connectivity index (χ4n) is 3.90. The van der Waals surface area contributed by atoms with E-state index < -0.39 is 27.0 Å². The molecule has 1 fully saturated rings. The predicted molar refractivity (Wildman–Crippen MR) is 121 cm³/mol. The molecule has 4 rings (SSSR count). The van der Waals surface area contributed by atoms with Gasteiger partial charge >= 0.3 is 5.97 Å². The van der Waals surface area contributed by atoms with E-state index in [9.17, 15) is 13.2 Å². The van der Waals surface area contributed by atoms with E-state index in [-0.39, 0.29) is 18.6 Å². The van der Waals surface area contributed by atoms with Gasteiger partial charge in [0.15, 0.2) is 5.79 Å². The number of benzene rings is 2. The fourth-order valence-corrected chi connectivity index (χ4v) is 5.45. The van der Waals surface area contributed by atoms with Gasteiger partial charge in [0, 0.05) is 12.1 Å². The van der Waals surface area contributed by atoms with Crippen molar-refractivity contribution in [3.8, 4) is 0 Å². The zero-order valence-electron chi connectivity index (χ0n) is 17.7. The van der Waals surface area contributed by atoms with Gasteiger partial charge in [-0.05, 0) is 43.7 Å². The first-order valence-corrected chi connectivity index (χ1v) is 12.1. The van der Waals surface area contributed by atoms with Crippen molar-refractivity contribution in [2.24, 2.45) is 0 Å². The molecular weight excluding hydrogens is 432 g/mol. The Balaban J connectivity index is 1.62. The number of sulfonamides is 1. The minimum absolute atomic E-state index is 0.0287. The van der Waals surface area contributed by atoms with Crippen LogP contribution >= 0.6 is 0 Å². The maximum Gasteiger partial charge on any atom is 0.335 e. The molecule has 1 spiro atoms. The highest BCUT2D eigenvalue weighted by atomic mass is 32.2. The first-order chi connectivity index (χ1) is 15.4. The van der Waals surface area contributed by atoms with Crippen LogP contribution in [0.3, 0.4) is 0 Å². The molecule has 2 aromatic carbocycles. The van der Waals surface area contributed by atoms with E-state index >= 15 is 0 Å². The Morgan fingerprint density at radius 3 is 2.41 bits per heavy atom. The molecule has 1 aliphatic heterocycles. The summed E-state index contributed by atoms with van der Waals surface area (Å²) in [6.07, 6.45) is 1.96. The summed E-state index contributed by atoms with van der Waals surface area (Å²) in [7, 11) is -3.98. The summed E-state index contributed by atoms with van der Waals surface area (Å²) in [5, 5.41) is 2.13. The van der Waals surface area contributed by atoms with Crippen LogP contribution in [0, 0.1) is 0 Å². The van der Waals surface area contributed by atoms with Gasteiger partial charge in [-0.2, -0.15) is 0 Å². The molecule has 0 aromatic heterocycles. The summed E-state index contributed by atoms with van der Waals surface area (Å²) in [5.74, 6) is -1.75. The largest absolute Gasteiger partial charge is 0.463 e. The first kappa shape index (κ1) is 22.3. The highest BCUT2D eigenvalue weighted by Gasteiger charge is 2.46. The maximum atomic E-state index is 13.4. The lowest BCUT2D eigenvalue weighted by Crippen LogP contribution is -2.42. The second kappa shape index (κ2) is 9.32. The van der Waals surface area contributed by atoms with Crippen molar-refractivity contribution < 1.29 is 27.4 Å². The van der Waals surface area contributed by atoms with E-state index in [1.807, 2.05) is 36.4 Å². The Morgan fingerprint density at radius 1 is 1.06 bits per heavy atom. The molecule has 0 amide bonds. The van der Waals surface area contributed by atoms with E-state index in [0.29, 0.717) is 31.0 Å². The standard InChI is InChI=1S/C23H26N2O6S/c1-2-29-22(26)18-16-23(30-14-15-31-23)13-12-21(18)32(27,28)25-20-11-7-6-10-19(20)24-17-8-4-3-5-9-17/h3-11,16,21,24-25H,2,12-15H2,1H3. The predicted octanol–water partition coefficient (Wildman–Crippen LogP) is 3.57. The van der Waals surface area contributed by atoms with Crippen molar-refractivity contribution >= 4 is 33.1 Å². The van der Waals surface area contributed by atoms with Crippen molar-refractivity contribution in [1.29, 1.82) is 0 Å². The van der Waals surface area contributed by atoms with Gasteiger partial charge < -0.3 is 19.5 Å². The normalized spacial score (nSPS) is 19.9. The van der Waals surface area contributed by atoms with Crippen LogP contribution in [-0.4, -0.2) is 45.2 Å². The van der Waals surface area contributed by atoms with Gasteiger partial charge in [0.25, 0.3) is 0 Å². The van der Waals surface area contributed by atoms with Gasteiger partial charge in [-0.3, -0.25) is 4.72 Å². The van der Waals surface area contributed by atoms with E-state index in [1.54, 1.807) is 25.1 Å². The topological polar surface area (TPSA) is 103 Å². The van der Waals surface area contributed by atoms with Crippen LogP contribution in [0.15, 0.2) is 66.2 Å². The number of ether oxygens (including phenoxy) is 3. The Bertz CT molecular complexity index is 1090. The van der Waals surface area contributed by atoms with Gasteiger partial charge in [-0.1, -0.05) is 30.3 Å². The van der Waals surface area contributed by atoms with Crippen LogP contribution in [0.1, 0.15) is 19.8 Å². The molecule has 1 unspecified atom stereocenters. The smallest absolute Gasteiger partial charge is 0.335 e. The summed E-state index contributed by atoms with van der Waals surface area (Å²) < 4.78 is 46.0. The highest BCUT2D eigenvalue weighted by Crippen LogP contribution is 2.38. The number of carbonyl (C=O) groups excluding carboxylic acids is 1. The van der Waals surface area contributed by atoms with E-state index in [4.69, 9.17) is 14.2 Å². The Hall–Kier alpha value is -2.88. The van der Waals surface area contributed by atoms with Crippen molar-refractivity contribution in [1.82, 2.24) is 0 Å². The van der Waals surface area contributed by atoms with Crippen molar-refractivity contribution in [2.45, 2.75) is 30.8 Å². The number of rotatable bonds is 7. The van der Waals surface area contributed by atoms with Gasteiger partial charge in [0.2, 0.25) is 10.0 Å². The molecule has 2 N–H and O–H groups in total. The molecule has 0 bridgehead atoms. The number of carbonyl (C=O) groups is 1. The van der Waals surface area contributed by atoms with E-state index in [0.717, 1.165) is 5.69 Å². The average molecular weight is 459 g/mol. The summed E-state index contributed by atoms with van der Waals surface area (Å²) in [6, 6.07) is 16.4. The monoisotopic (exact) mass is 458 g/mol. The number of nitrogens with one attached hydrogen (secondary N) is 2. The molecule has 0 saturated carbocycles. The van der Waals surface area contributed by atoms with Crippen molar-refractivity contribution in [3.05, 3.63) is 66.2 Å². The third-order valence-electron chi connectivity index (χ3n) is 5.37. The lowest BCUT2D eigenvalue weighted by Gasteiger charge is -2.33. The first-order valence-electron chi connectivity index (χ1n) is 10.5. The summed E-state index contributed by atoms with van der Waals surface area (Å²) in [6.45, 7) is 2.59. The summed E-state index contributed by atoms with van der Waals surface area (Å²) in [4.78, 5) is 12.6. The molecule has 1 heterocycles. The van der Waals surface area contributed by atoms with E-state index in [1.165, 1.54) is 6.08 Å². The van der Waals surface area contributed by atoms with Crippen LogP contribution in [0.25, 0.3) is 0 Å². The number of hydrogen-bond donors (Lipinski definition) is 2. The SMILES string of the molecule is CCOC(=O)C1=CC2(CCC1S(=O)(=O)Nc1ccccc1Nc1ccccc1)OCCO2. The fraction of sp³-hybridized carbons (Fsp3) is 0.348. The lowest BCUT2D eigenvalue weighted by atomic mass is 9.94. The molecule has 1 aliphatic carbocycles. The molecule has 8 nitrogen and oxygen atoms in total. The van der Waals surface area contributed by atoms with Crippen LogP contribution in [0.2, 0.25) is 0 Å². The van der Waals surface area contributed by atoms with Crippen molar-refractivity contribution in [2.75, 3.05) is 29.9 Å². The number of esters is 1. The zero-order valence-corrected chi connectivity index (χ0v) is 18.6. The average Bonchev–Trinajstić information content (AvgIpc) is 3.23.